The van der Waals surface area contributed by atoms with Crippen molar-refractivity contribution < 1.29 is 0 Å². The van der Waals surface area contributed by atoms with Gasteiger partial charge in [0.25, 0.3) is 0 Å². The molecule has 0 amide bonds. The Bertz CT molecular complexity index is 516. The summed E-state index contributed by atoms with van der Waals surface area (Å²) < 4.78 is 0. The molecule has 0 aliphatic carbocycles. The second-order valence-corrected chi connectivity index (χ2v) is 11.6. The molecule has 0 fully saturated rings. The number of rotatable bonds is 28. The van der Waals surface area contributed by atoms with Gasteiger partial charge in [0.15, 0.2) is 0 Å². The Morgan fingerprint density at radius 3 is 0.971 bits per heavy atom. The standard InChI is InChI=1S/C34H65N/c1-3-4-5-6-7-8-9-10-11-12-13-14-15-16-17-18-19-20-21-22-23-24-25-26-27-28-29-30-34-31-32-35-33(34)2/h31-32,35H,3-30H2,1-2H3. The molecule has 0 unspecified atom stereocenters. The molecule has 1 heterocycles. The van der Waals surface area contributed by atoms with Gasteiger partial charge in [-0.2, -0.15) is 0 Å². The largest absolute Gasteiger partial charge is 0.365 e. The van der Waals surface area contributed by atoms with Crippen molar-refractivity contribution in [2.24, 2.45) is 0 Å². The Hall–Kier alpha value is -0.720. The van der Waals surface area contributed by atoms with Crippen LogP contribution < -0.4 is 0 Å². The highest BCUT2D eigenvalue weighted by molar-refractivity contribution is 5.18. The van der Waals surface area contributed by atoms with E-state index in [1.807, 2.05) is 0 Å². The van der Waals surface area contributed by atoms with Crippen LogP contribution in [0.3, 0.4) is 0 Å². The third-order valence-electron chi connectivity index (χ3n) is 8.12. The molecule has 1 aromatic heterocycles. The van der Waals surface area contributed by atoms with Gasteiger partial charge in [0, 0.05) is 11.9 Å². The van der Waals surface area contributed by atoms with E-state index in [2.05, 4.69) is 31.1 Å². The zero-order chi connectivity index (χ0) is 25.1. The molecule has 0 aliphatic heterocycles. The van der Waals surface area contributed by atoms with Gasteiger partial charge < -0.3 is 4.98 Å². The van der Waals surface area contributed by atoms with Crippen molar-refractivity contribution in [2.45, 2.75) is 194 Å². The Morgan fingerprint density at radius 2 is 0.714 bits per heavy atom. The van der Waals surface area contributed by atoms with Crippen LogP contribution in [0.2, 0.25) is 0 Å². The number of aromatic nitrogens is 1. The van der Waals surface area contributed by atoms with Gasteiger partial charge in [-0.25, -0.2) is 0 Å². The molecule has 0 bridgehead atoms. The molecule has 0 saturated heterocycles. The summed E-state index contributed by atoms with van der Waals surface area (Å²) in [5.74, 6) is 0. The second-order valence-electron chi connectivity index (χ2n) is 11.6. The lowest BCUT2D eigenvalue weighted by molar-refractivity contribution is 0.514. The van der Waals surface area contributed by atoms with Crippen molar-refractivity contribution in [2.75, 3.05) is 0 Å². The molecule has 206 valence electrons. The first kappa shape index (κ1) is 32.3. The first-order chi connectivity index (χ1) is 17.3. The minimum atomic E-state index is 1.26. The highest BCUT2D eigenvalue weighted by Gasteiger charge is 1.99. The topological polar surface area (TPSA) is 15.8 Å². The van der Waals surface area contributed by atoms with Gasteiger partial charge in [0.2, 0.25) is 0 Å². The molecular formula is C34H65N. The van der Waals surface area contributed by atoms with E-state index in [9.17, 15) is 0 Å². The normalized spacial score (nSPS) is 11.5. The van der Waals surface area contributed by atoms with Crippen LogP contribution in [0.15, 0.2) is 12.3 Å². The Balaban J connectivity index is 1.63. The maximum atomic E-state index is 3.29. The second kappa shape index (κ2) is 26.3. The number of H-pyrrole nitrogens is 1. The van der Waals surface area contributed by atoms with Crippen molar-refractivity contribution >= 4 is 0 Å². The lowest BCUT2D eigenvalue weighted by atomic mass is 10.0. The van der Waals surface area contributed by atoms with Crippen LogP contribution in [-0.2, 0) is 6.42 Å². The Labute approximate surface area is 222 Å². The van der Waals surface area contributed by atoms with Crippen molar-refractivity contribution in [3.05, 3.63) is 23.5 Å². The van der Waals surface area contributed by atoms with Crippen molar-refractivity contribution in [3.63, 3.8) is 0 Å². The van der Waals surface area contributed by atoms with Crippen LogP contribution in [0.5, 0.6) is 0 Å². The number of unbranched alkanes of at least 4 members (excludes halogenated alkanes) is 26. The van der Waals surface area contributed by atoms with E-state index in [0.29, 0.717) is 0 Å². The number of aryl methyl sites for hydroxylation is 2. The first-order valence-electron chi connectivity index (χ1n) is 16.5. The fraction of sp³-hybridized carbons (Fsp3) is 0.882. The molecule has 0 spiro atoms. The Kier molecular flexibility index (Phi) is 24.3. The van der Waals surface area contributed by atoms with Gasteiger partial charge >= 0.3 is 0 Å². The average molecular weight is 488 g/mol. The van der Waals surface area contributed by atoms with E-state index in [0.717, 1.165) is 0 Å². The van der Waals surface area contributed by atoms with Gasteiger partial charge in [-0.1, -0.05) is 174 Å². The van der Waals surface area contributed by atoms with Gasteiger partial charge in [-0.05, 0) is 31.4 Å². The van der Waals surface area contributed by atoms with E-state index in [4.69, 9.17) is 0 Å². The number of hydrogen-bond acceptors (Lipinski definition) is 0. The monoisotopic (exact) mass is 488 g/mol. The third kappa shape index (κ3) is 22.2. The molecule has 1 aromatic rings. The van der Waals surface area contributed by atoms with Gasteiger partial charge in [-0.3, -0.25) is 0 Å². The van der Waals surface area contributed by atoms with Crippen molar-refractivity contribution in [3.8, 4) is 0 Å². The highest BCUT2D eigenvalue weighted by Crippen LogP contribution is 2.16. The molecule has 0 aliphatic rings. The average Bonchev–Trinajstić information content (AvgIpc) is 3.28. The van der Waals surface area contributed by atoms with E-state index >= 15 is 0 Å². The molecule has 1 nitrogen and oxygen atoms in total. The van der Waals surface area contributed by atoms with E-state index in [1.54, 1.807) is 0 Å². The minimum Gasteiger partial charge on any atom is -0.365 e. The predicted molar refractivity (Wildman–Crippen MR) is 160 cm³/mol. The summed E-state index contributed by atoms with van der Waals surface area (Å²) >= 11 is 0. The number of hydrogen-bond donors (Lipinski definition) is 1. The van der Waals surface area contributed by atoms with Crippen molar-refractivity contribution in [1.82, 2.24) is 4.98 Å². The minimum absolute atomic E-state index is 1.26. The first-order valence-corrected chi connectivity index (χ1v) is 16.5. The van der Waals surface area contributed by atoms with Crippen LogP contribution in [0.1, 0.15) is 192 Å². The quantitative estimate of drug-likeness (QED) is 0.113. The summed E-state index contributed by atoms with van der Waals surface area (Å²) in [6.07, 6.45) is 42.9. The molecule has 1 heteroatoms. The lowest BCUT2D eigenvalue weighted by Gasteiger charge is -2.04. The summed E-state index contributed by atoms with van der Waals surface area (Å²) in [5.41, 5.74) is 2.88. The summed E-state index contributed by atoms with van der Waals surface area (Å²) in [7, 11) is 0. The summed E-state index contributed by atoms with van der Waals surface area (Å²) in [6.45, 7) is 4.50. The van der Waals surface area contributed by atoms with Gasteiger partial charge in [0.05, 0.1) is 0 Å². The molecule has 35 heavy (non-hydrogen) atoms. The van der Waals surface area contributed by atoms with Gasteiger partial charge in [-0.15, -0.1) is 0 Å². The van der Waals surface area contributed by atoms with Crippen LogP contribution in [0.25, 0.3) is 0 Å². The molecule has 1 N–H and O–H groups in total. The van der Waals surface area contributed by atoms with E-state index in [1.165, 1.54) is 191 Å². The van der Waals surface area contributed by atoms with E-state index < -0.39 is 0 Å². The molecule has 0 saturated carbocycles. The molecule has 0 radical (unpaired) electrons. The molecule has 0 atom stereocenters. The zero-order valence-electron chi connectivity index (χ0n) is 24.5. The van der Waals surface area contributed by atoms with E-state index in [-0.39, 0.29) is 0 Å². The van der Waals surface area contributed by atoms with Crippen LogP contribution in [-0.4, -0.2) is 4.98 Å². The predicted octanol–water partition coefficient (Wildman–Crippen LogP) is 12.4. The maximum Gasteiger partial charge on any atom is 0.0148 e. The van der Waals surface area contributed by atoms with Crippen molar-refractivity contribution in [1.29, 1.82) is 0 Å². The lowest BCUT2D eigenvalue weighted by Crippen LogP contribution is -1.87. The Morgan fingerprint density at radius 1 is 0.429 bits per heavy atom. The SMILES string of the molecule is CCCCCCCCCCCCCCCCCCCCCCCCCCCCCc1cc[nH]c1C. The van der Waals surface area contributed by atoms with Crippen LogP contribution >= 0.6 is 0 Å². The number of nitrogens with one attached hydrogen (secondary N) is 1. The molecule has 1 rings (SSSR count). The zero-order valence-corrected chi connectivity index (χ0v) is 24.5. The smallest absolute Gasteiger partial charge is 0.0148 e. The number of aromatic amines is 1. The third-order valence-corrected chi connectivity index (χ3v) is 8.12. The fourth-order valence-corrected chi connectivity index (χ4v) is 5.56. The fourth-order valence-electron chi connectivity index (χ4n) is 5.56. The van der Waals surface area contributed by atoms with Gasteiger partial charge in [0.1, 0.15) is 0 Å². The molecular weight excluding hydrogens is 422 g/mol. The summed E-state index contributed by atoms with van der Waals surface area (Å²) in [4.78, 5) is 3.29. The maximum absolute atomic E-state index is 3.29. The summed E-state index contributed by atoms with van der Waals surface area (Å²) in [5, 5.41) is 0. The summed E-state index contributed by atoms with van der Waals surface area (Å²) in [6, 6.07) is 2.25. The molecule has 0 aromatic carbocycles. The van der Waals surface area contributed by atoms with Crippen LogP contribution in [0.4, 0.5) is 0 Å². The van der Waals surface area contributed by atoms with Crippen LogP contribution in [0, 0.1) is 6.92 Å². The highest BCUT2D eigenvalue weighted by atomic mass is 14.7.